The Kier molecular flexibility index (Phi) is 4.37. The van der Waals surface area contributed by atoms with Crippen molar-refractivity contribution in [3.8, 4) is 0 Å². The first-order valence-electron chi connectivity index (χ1n) is 8.12. The van der Waals surface area contributed by atoms with Crippen molar-refractivity contribution in [1.29, 1.82) is 0 Å². The van der Waals surface area contributed by atoms with E-state index in [1.165, 1.54) is 11.1 Å². The molecular weight excluding hydrogens is 294 g/mol. The maximum atomic E-state index is 12.2. The average Bonchev–Trinajstić information content (AvgIpc) is 3.11. The van der Waals surface area contributed by atoms with Gasteiger partial charge in [0, 0.05) is 10.9 Å². The summed E-state index contributed by atoms with van der Waals surface area (Å²) in [5.41, 5.74) is 4.27. The standard InChI is InChI=1S/C18H21NO4/c1-2-4-15(18(21)22)19-17(20)9-13-10-23-16-8-12-6-3-5-11(12)7-14(13)16/h7-8,10,15H,2-6,9H2,1H3,(H,19,20)(H,21,22). The minimum atomic E-state index is -0.991. The predicted octanol–water partition coefficient (Wildman–Crippen LogP) is 2.83. The van der Waals surface area contributed by atoms with Crippen LogP contribution in [0.2, 0.25) is 0 Å². The van der Waals surface area contributed by atoms with Crippen molar-refractivity contribution in [3.63, 3.8) is 0 Å². The number of benzene rings is 1. The molecule has 1 aliphatic rings. The third-order valence-corrected chi connectivity index (χ3v) is 4.43. The van der Waals surface area contributed by atoms with Crippen molar-refractivity contribution in [1.82, 2.24) is 5.32 Å². The number of aliphatic carboxylic acids is 1. The van der Waals surface area contributed by atoms with E-state index in [9.17, 15) is 9.59 Å². The topological polar surface area (TPSA) is 79.5 Å². The van der Waals surface area contributed by atoms with E-state index in [1.807, 2.05) is 6.92 Å². The number of hydrogen-bond donors (Lipinski definition) is 2. The first-order valence-corrected chi connectivity index (χ1v) is 8.12. The summed E-state index contributed by atoms with van der Waals surface area (Å²) in [6.45, 7) is 1.90. The van der Waals surface area contributed by atoms with E-state index in [0.717, 1.165) is 35.8 Å². The molecule has 1 heterocycles. The van der Waals surface area contributed by atoms with Crippen LogP contribution in [0.5, 0.6) is 0 Å². The zero-order valence-electron chi connectivity index (χ0n) is 13.2. The van der Waals surface area contributed by atoms with E-state index < -0.39 is 12.0 Å². The number of hydrogen-bond acceptors (Lipinski definition) is 3. The Morgan fingerprint density at radius 2 is 2.04 bits per heavy atom. The SMILES string of the molecule is CCCC(NC(=O)Cc1coc2cc3c(cc12)CCC3)C(=O)O. The Labute approximate surface area is 134 Å². The zero-order valence-corrected chi connectivity index (χ0v) is 13.2. The van der Waals surface area contributed by atoms with Gasteiger partial charge >= 0.3 is 5.97 Å². The number of amides is 1. The fraction of sp³-hybridized carbons (Fsp3) is 0.444. The van der Waals surface area contributed by atoms with Crippen molar-refractivity contribution in [2.24, 2.45) is 0 Å². The molecule has 1 unspecified atom stereocenters. The van der Waals surface area contributed by atoms with Crippen LogP contribution in [-0.4, -0.2) is 23.0 Å². The molecule has 0 saturated heterocycles. The monoisotopic (exact) mass is 315 g/mol. The second kappa shape index (κ2) is 6.44. The molecular formula is C18H21NO4. The number of aryl methyl sites for hydroxylation is 2. The average molecular weight is 315 g/mol. The van der Waals surface area contributed by atoms with Gasteiger partial charge in [-0.2, -0.15) is 0 Å². The maximum Gasteiger partial charge on any atom is 0.326 e. The summed E-state index contributed by atoms with van der Waals surface area (Å²) in [6, 6.07) is 3.36. The van der Waals surface area contributed by atoms with Crippen LogP contribution in [0.1, 0.15) is 42.9 Å². The number of carboxylic acid groups (broad SMARTS) is 1. The van der Waals surface area contributed by atoms with Gasteiger partial charge < -0.3 is 14.8 Å². The van der Waals surface area contributed by atoms with Crippen LogP contribution >= 0.6 is 0 Å². The van der Waals surface area contributed by atoms with E-state index in [1.54, 1.807) is 6.26 Å². The normalized spacial score (nSPS) is 14.7. The highest BCUT2D eigenvalue weighted by molar-refractivity contribution is 5.90. The Bertz CT molecular complexity index is 747. The van der Waals surface area contributed by atoms with Gasteiger partial charge in [0.25, 0.3) is 0 Å². The van der Waals surface area contributed by atoms with Gasteiger partial charge in [-0.05, 0) is 48.9 Å². The third kappa shape index (κ3) is 3.23. The van der Waals surface area contributed by atoms with Crippen molar-refractivity contribution >= 4 is 22.8 Å². The molecule has 0 saturated carbocycles. The van der Waals surface area contributed by atoms with Crippen LogP contribution in [0.3, 0.4) is 0 Å². The molecule has 1 amide bonds. The van der Waals surface area contributed by atoms with Gasteiger partial charge in [0.2, 0.25) is 5.91 Å². The Morgan fingerprint density at radius 3 is 2.74 bits per heavy atom. The summed E-state index contributed by atoms with van der Waals surface area (Å²) in [7, 11) is 0. The summed E-state index contributed by atoms with van der Waals surface area (Å²) < 4.78 is 5.58. The van der Waals surface area contributed by atoms with E-state index in [0.29, 0.717) is 12.8 Å². The number of carbonyl (C=O) groups is 2. The molecule has 1 aromatic heterocycles. The second-order valence-corrected chi connectivity index (χ2v) is 6.16. The van der Waals surface area contributed by atoms with Crippen LogP contribution in [-0.2, 0) is 28.9 Å². The first kappa shape index (κ1) is 15.6. The Balaban J connectivity index is 1.76. The maximum absolute atomic E-state index is 12.2. The summed E-state index contributed by atoms with van der Waals surface area (Å²) in [6.07, 6.45) is 6.20. The zero-order chi connectivity index (χ0) is 16.4. The van der Waals surface area contributed by atoms with E-state index in [4.69, 9.17) is 9.52 Å². The van der Waals surface area contributed by atoms with E-state index in [2.05, 4.69) is 17.4 Å². The van der Waals surface area contributed by atoms with Crippen LogP contribution in [0.25, 0.3) is 11.0 Å². The molecule has 2 aromatic rings. The molecule has 0 spiro atoms. The van der Waals surface area contributed by atoms with Crippen LogP contribution in [0.15, 0.2) is 22.8 Å². The Morgan fingerprint density at radius 1 is 1.30 bits per heavy atom. The minimum absolute atomic E-state index is 0.138. The minimum Gasteiger partial charge on any atom is -0.480 e. The fourth-order valence-electron chi connectivity index (χ4n) is 3.25. The lowest BCUT2D eigenvalue weighted by molar-refractivity contribution is -0.141. The van der Waals surface area contributed by atoms with Crippen LogP contribution in [0.4, 0.5) is 0 Å². The highest BCUT2D eigenvalue weighted by Crippen LogP contribution is 2.30. The van der Waals surface area contributed by atoms with Gasteiger partial charge in [-0.25, -0.2) is 4.79 Å². The van der Waals surface area contributed by atoms with E-state index >= 15 is 0 Å². The number of carbonyl (C=O) groups excluding carboxylic acids is 1. The number of rotatable bonds is 6. The fourth-order valence-corrected chi connectivity index (χ4v) is 3.25. The molecule has 0 bridgehead atoms. The highest BCUT2D eigenvalue weighted by atomic mass is 16.4. The number of nitrogens with one attached hydrogen (secondary N) is 1. The third-order valence-electron chi connectivity index (χ3n) is 4.43. The molecule has 23 heavy (non-hydrogen) atoms. The molecule has 1 aliphatic carbocycles. The van der Waals surface area contributed by atoms with E-state index in [-0.39, 0.29) is 12.3 Å². The van der Waals surface area contributed by atoms with Crippen molar-refractivity contribution in [2.45, 2.75) is 51.5 Å². The summed E-state index contributed by atoms with van der Waals surface area (Å²) in [4.78, 5) is 23.3. The number of carboxylic acids is 1. The smallest absolute Gasteiger partial charge is 0.326 e. The lowest BCUT2D eigenvalue weighted by Crippen LogP contribution is -2.41. The van der Waals surface area contributed by atoms with Crippen molar-refractivity contribution in [3.05, 3.63) is 35.1 Å². The molecule has 3 rings (SSSR count). The van der Waals surface area contributed by atoms with Gasteiger partial charge in [0.15, 0.2) is 0 Å². The molecule has 0 radical (unpaired) electrons. The molecule has 2 N–H and O–H groups in total. The molecule has 1 aromatic carbocycles. The lowest BCUT2D eigenvalue weighted by atomic mass is 10.0. The predicted molar refractivity (Wildman–Crippen MR) is 86.4 cm³/mol. The second-order valence-electron chi connectivity index (χ2n) is 6.16. The van der Waals surface area contributed by atoms with Gasteiger partial charge in [0.05, 0.1) is 12.7 Å². The van der Waals surface area contributed by atoms with Crippen LogP contribution < -0.4 is 5.32 Å². The molecule has 122 valence electrons. The molecule has 0 aliphatic heterocycles. The van der Waals surface area contributed by atoms with Gasteiger partial charge in [-0.15, -0.1) is 0 Å². The number of fused-ring (bicyclic) bond motifs is 2. The quantitative estimate of drug-likeness (QED) is 0.859. The summed E-state index contributed by atoms with van der Waals surface area (Å²) >= 11 is 0. The lowest BCUT2D eigenvalue weighted by Gasteiger charge is -2.13. The van der Waals surface area contributed by atoms with Crippen molar-refractivity contribution in [2.75, 3.05) is 0 Å². The van der Waals surface area contributed by atoms with Gasteiger partial charge in [0.1, 0.15) is 11.6 Å². The molecule has 5 nitrogen and oxygen atoms in total. The molecule has 0 fully saturated rings. The molecule has 1 atom stereocenters. The Hall–Kier alpha value is -2.30. The van der Waals surface area contributed by atoms with Gasteiger partial charge in [-0.1, -0.05) is 13.3 Å². The highest BCUT2D eigenvalue weighted by Gasteiger charge is 2.21. The van der Waals surface area contributed by atoms with Gasteiger partial charge in [-0.3, -0.25) is 4.79 Å². The molecule has 5 heteroatoms. The number of furan rings is 1. The first-order chi connectivity index (χ1) is 11.1. The largest absolute Gasteiger partial charge is 0.480 e. The summed E-state index contributed by atoms with van der Waals surface area (Å²) in [5.74, 6) is -1.27. The van der Waals surface area contributed by atoms with Crippen LogP contribution in [0, 0.1) is 0 Å². The van der Waals surface area contributed by atoms with Crippen molar-refractivity contribution < 1.29 is 19.1 Å². The summed E-state index contributed by atoms with van der Waals surface area (Å²) in [5, 5.41) is 12.7.